The molecule has 0 bridgehead atoms. The van der Waals surface area contributed by atoms with Crippen LogP contribution in [0.4, 0.5) is 5.95 Å². The van der Waals surface area contributed by atoms with Crippen LogP contribution in [0.25, 0.3) is 10.2 Å². The van der Waals surface area contributed by atoms with Crippen molar-refractivity contribution in [3.05, 3.63) is 46.8 Å². The van der Waals surface area contributed by atoms with E-state index in [9.17, 15) is 0 Å². The van der Waals surface area contributed by atoms with E-state index < -0.39 is 0 Å². The lowest BCUT2D eigenvalue weighted by Crippen LogP contribution is -1.95. The lowest BCUT2D eigenvalue weighted by atomic mass is 10.2. The van der Waals surface area contributed by atoms with Crippen molar-refractivity contribution < 1.29 is 0 Å². The van der Waals surface area contributed by atoms with Gasteiger partial charge in [0.05, 0.1) is 0 Å². The molecular formula is C15H15N3S2. The Bertz CT molecular complexity index is 723. The van der Waals surface area contributed by atoms with E-state index in [1.165, 1.54) is 10.4 Å². The first-order chi connectivity index (χ1) is 9.76. The first-order valence-corrected chi connectivity index (χ1v) is 8.29. The second-order valence-corrected chi connectivity index (χ2v) is 6.53. The van der Waals surface area contributed by atoms with E-state index in [-0.39, 0.29) is 0 Å². The predicted molar refractivity (Wildman–Crippen MR) is 87.2 cm³/mol. The zero-order valence-electron chi connectivity index (χ0n) is 11.2. The first-order valence-electron chi connectivity index (χ1n) is 6.49. The van der Waals surface area contributed by atoms with E-state index >= 15 is 0 Å². The number of nitrogens with zero attached hydrogens (tertiary/aromatic N) is 2. The maximum atomic E-state index is 5.82. The Kier molecular flexibility index (Phi) is 3.89. The van der Waals surface area contributed by atoms with Crippen LogP contribution in [-0.2, 0) is 12.2 Å². The van der Waals surface area contributed by atoms with Gasteiger partial charge in [0.1, 0.15) is 9.86 Å². The molecule has 2 heterocycles. The fourth-order valence-corrected chi connectivity index (χ4v) is 3.97. The Morgan fingerprint density at radius 1 is 1.20 bits per heavy atom. The van der Waals surface area contributed by atoms with Crippen LogP contribution < -0.4 is 5.73 Å². The smallest absolute Gasteiger partial charge is 0.222 e. The average Bonchev–Trinajstić information content (AvgIpc) is 2.88. The number of thioether (sulfide) groups is 1. The van der Waals surface area contributed by atoms with Crippen molar-refractivity contribution in [3.8, 4) is 0 Å². The molecule has 2 N–H and O–H groups in total. The number of anilines is 1. The van der Waals surface area contributed by atoms with Gasteiger partial charge in [-0.3, -0.25) is 0 Å². The molecule has 0 saturated carbocycles. The van der Waals surface area contributed by atoms with Crippen LogP contribution in [0.2, 0.25) is 0 Å². The highest BCUT2D eigenvalue weighted by atomic mass is 32.2. The molecule has 0 unspecified atom stereocenters. The van der Waals surface area contributed by atoms with E-state index in [1.54, 1.807) is 23.1 Å². The van der Waals surface area contributed by atoms with Gasteiger partial charge in [-0.05, 0) is 18.1 Å². The number of rotatable bonds is 4. The lowest BCUT2D eigenvalue weighted by molar-refractivity contribution is 1.12. The summed E-state index contributed by atoms with van der Waals surface area (Å²) >= 11 is 3.42. The summed E-state index contributed by atoms with van der Waals surface area (Å²) in [6.07, 6.45) is 1.02. The number of hydrogen-bond donors (Lipinski definition) is 1. The van der Waals surface area contributed by atoms with Gasteiger partial charge in [0.25, 0.3) is 0 Å². The summed E-state index contributed by atoms with van der Waals surface area (Å²) in [5, 5.41) is 2.11. The molecule has 3 aromatic rings. The van der Waals surface area contributed by atoms with Crippen molar-refractivity contribution in [2.75, 3.05) is 5.73 Å². The number of aryl methyl sites for hydroxylation is 1. The fraction of sp³-hybridized carbons (Fsp3) is 0.200. The van der Waals surface area contributed by atoms with Gasteiger partial charge in [0, 0.05) is 16.0 Å². The first kappa shape index (κ1) is 13.4. The molecule has 3 nitrogen and oxygen atoms in total. The summed E-state index contributed by atoms with van der Waals surface area (Å²) in [7, 11) is 0. The monoisotopic (exact) mass is 301 g/mol. The number of thiophene rings is 1. The molecule has 102 valence electrons. The van der Waals surface area contributed by atoms with Crippen LogP contribution in [0.15, 0.2) is 41.4 Å². The molecule has 0 atom stereocenters. The molecule has 1 aromatic carbocycles. The fourth-order valence-electron chi connectivity index (χ4n) is 1.97. The largest absolute Gasteiger partial charge is 0.368 e. The number of nitrogen functional groups attached to an aromatic ring is 1. The molecule has 0 radical (unpaired) electrons. The summed E-state index contributed by atoms with van der Waals surface area (Å²) in [6, 6.07) is 12.6. The molecule has 0 fully saturated rings. The Balaban J connectivity index is 1.92. The maximum absolute atomic E-state index is 5.82. The third-order valence-electron chi connectivity index (χ3n) is 2.99. The van der Waals surface area contributed by atoms with E-state index in [2.05, 4.69) is 47.2 Å². The van der Waals surface area contributed by atoms with Gasteiger partial charge in [0.2, 0.25) is 5.95 Å². The number of hydrogen-bond acceptors (Lipinski definition) is 5. The standard InChI is InChI=1S/C15H15N3S2/c1-2-11-8-12-13(17-15(16)18-14(12)20-11)19-9-10-6-4-3-5-7-10/h3-8H,2,9H2,1H3,(H2,16,17,18). The van der Waals surface area contributed by atoms with Gasteiger partial charge in [-0.25, -0.2) is 9.97 Å². The summed E-state index contributed by atoms with van der Waals surface area (Å²) in [5.74, 6) is 1.25. The van der Waals surface area contributed by atoms with Crippen LogP contribution in [0.3, 0.4) is 0 Å². The molecule has 20 heavy (non-hydrogen) atoms. The molecule has 2 aromatic heterocycles. The summed E-state index contributed by atoms with van der Waals surface area (Å²) in [4.78, 5) is 11.0. The zero-order chi connectivity index (χ0) is 13.9. The van der Waals surface area contributed by atoms with Crippen molar-refractivity contribution in [1.29, 1.82) is 0 Å². The van der Waals surface area contributed by atoms with E-state index in [0.717, 1.165) is 27.4 Å². The highest BCUT2D eigenvalue weighted by Gasteiger charge is 2.10. The van der Waals surface area contributed by atoms with Gasteiger partial charge < -0.3 is 5.73 Å². The number of nitrogens with two attached hydrogens (primary N) is 1. The Morgan fingerprint density at radius 3 is 2.75 bits per heavy atom. The Morgan fingerprint density at radius 2 is 2.00 bits per heavy atom. The van der Waals surface area contributed by atoms with Crippen LogP contribution in [0.1, 0.15) is 17.4 Å². The SMILES string of the molecule is CCc1cc2c(SCc3ccccc3)nc(N)nc2s1. The third kappa shape index (κ3) is 2.78. The summed E-state index contributed by atoms with van der Waals surface area (Å²) < 4.78 is 0. The molecule has 0 aliphatic rings. The highest BCUT2D eigenvalue weighted by Crippen LogP contribution is 2.33. The van der Waals surface area contributed by atoms with Crippen LogP contribution in [-0.4, -0.2) is 9.97 Å². The Hall–Kier alpha value is -1.59. The van der Waals surface area contributed by atoms with Gasteiger partial charge in [-0.1, -0.05) is 37.3 Å². The summed E-state index contributed by atoms with van der Waals surface area (Å²) in [5.41, 5.74) is 7.10. The predicted octanol–water partition coefficient (Wildman–Crippen LogP) is 4.13. The molecule has 5 heteroatoms. The molecule has 0 aliphatic carbocycles. The molecule has 0 amide bonds. The summed E-state index contributed by atoms with van der Waals surface area (Å²) in [6.45, 7) is 2.15. The van der Waals surface area contributed by atoms with Crippen LogP contribution >= 0.6 is 23.1 Å². The number of benzene rings is 1. The number of aromatic nitrogens is 2. The lowest BCUT2D eigenvalue weighted by Gasteiger charge is -2.03. The van der Waals surface area contributed by atoms with E-state index in [1.807, 2.05) is 6.07 Å². The zero-order valence-corrected chi connectivity index (χ0v) is 12.8. The minimum Gasteiger partial charge on any atom is -0.368 e. The minimum atomic E-state index is 0.359. The second-order valence-electron chi connectivity index (χ2n) is 4.45. The van der Waals surface area contributed by atoms with E-state index in [4.69, 9.17) is 5.73 Å². The molecule has 3 rings (SSSR count). The van der Waals surface area contributed by atoms with Crippen molar-refractivity contribution in [2.45, 2.75) is 24.1 Å². The normalized spacial score (nSPS) is 11.1. The van der Waals surface area contributed by atoms with Gasteiger partial charge in [-0.2, -0.15) is 0 Å². The van der Waals surface area contributed by atoms with Crippen molar-refractivity contribution in [1.82, 2.24) is 9.97 Å². The molecule has 0 spiro atoms. The van der Waals surface area contributed by atoms with Crippen molar-refractivity contribution >= 4 is 39.3 Å². The van der Waals surface area contributed by atoms with Crippen LogP contribution in [0.5, 0.6) is 0 Å². The second kappa shape index (κ2) is 5.81. The van der Waals surface area contributed by atoms with Gasteiger partial charge >= 0.3 is 0 Å². The molecular weight excluding hydrogens is 286 g/mol. The van der Waals surface area contributed by atoms with E-state index in [0.29, 0.717) is 5.95 Å². The topological polar surface area (TPSA) is 51.8 Å². The minimum absolute atomic E-state index is 0.359. The van der Waals surface area contributed by atoms with Crippen molar-refractivity contribution in [2.24, 2.45) is 0 Å². The van der Waals surface area contributed by atoms with Gasteiger partial charge in [-0.15, -0.1) is 23.1 Å². The molecule has 0 saturated heterocycles. The number of fused-ring (bicyclic) bond motifs is 1. The Labute approximate surface area is 126 Å². The maximum Gasteiger partial charge on any atom is 0.222 e. The molecule has 0 aliphatic heterocycles. The van der Waals surface area contributed by atoms with Crippen LogP contribution in [0, 0.1) is 0 Å². The van der Waals surface area contributed by atoms with Crippen molar-refractivity contribution in [3.63, 3.8) is 0 Å². The average molecular weight is 301 g/mol. The van der Waals surface area contributed by atoms with Gasteiger partial charge in [0.15, 0.2) is 0 Å². The quantitative estimate of drug-likeness (QED) is 0.581. The highest BCUT2D eigenvalue weighted by molar-refractivity contribution is 7.98. The third-order valence-corrected chi connectivity index (χ3v) is 5.23.